The SMILES string of the molecule is CCNC(C)c1ccc(OCc2cccc(O)c2)c(F)c1. The maximum atomic E-state index is 14.0. The Morgan fingerprint density at radius 2 is 2.05 bits per heavy atom. The molecule has 0 saturated carbocycles. The van der Waals surface area contributed by atoms with E-state index in [1.54, 1.807) is 24.3 Å². The Kier molecular flexibility index (Phi) is 5.17. The molecule has 0 aliphatic carbocycles. The number of phenolic OH excluding ortho intramolecular Hbond substituents is 1. The van der Waals surface area contributed by atoms with Gasteiger partial charge in [-0.05, 0) is 48.9 Å². The van der Waals surface area contributed by atoms with Gasteiger partial charge in [-0.25, -0.2) is 4.39 Å². The molecule has 0 spiro atoms. The van der Waals surface area contributed by atoms with E-state index in [1.165, 1.54) is 6.07 Å². The van der Waals surface area contributed by atoms with E-state index in [4.69, 9.17) is 4.74 Å². The summed E-state index contributed by atoms with van der Waals surface area (Å²) in [6.07, 6.45) is 0. The Balaban J connectivity index is 2.04. The van der Waals surface area contributed by atoms with Gasteiger partial charge in [-0.2, -0.15) is 0 Å². The fourth-order valence-electron chi connectivity index (χ4n) is 2.13. The van der Waals surface area contributed by atoms with E-state index in [0.29, 0.717) is 0 Å². The average molecular weight is 289 g/mol. The molecule has 4 heteroatoms. The number of ether oxygens (including phenoxy) is 1. The second-order valence-electron chi connectivity index (χ2n) is 4.93. The molecule has 0 radical (unpaired) electrons. The third kappa shape index (κ3) is 4.20. The van der Waals surface area contributed by atoms with Crippen LogP contribution in [0.3, 0.4) is 0 Å². The van der Waals surface area contributed by atoms with Crippen LogP contribution >= 0.6 is 0 Å². The molecular weight excluding hydrogens is 269 g/mol. The fourth-order valence-corrected chi connectivity index (χ4v) is 2.13. The molecule has 1 unspecified atom stereocenters. The Morgan fingerprint density at radius 1 is 1.24 bits per heavy atom. The van der Waals surface area contributed by atoms with Crippen LogP contribution in [0.4, 0.5) is 4.39 Å². The zero-order chi connectivity index (χ0) is 15.2. The van der Waals surface area contributed by atoms with Crippen LogP contribution in [0, 0.1) is 5.82 Å². The number of hydrogen-bond acceptors (Lipinski definition) is 3. The van der Waals surface area contributed by atoms with Crippen molar-refractivity contribution in [1.82, 2.24) is 5.32 Å². The van der Waals surface area contributed by atoms with Gasteiger partial charge in [0.05, 0.1) is 0 Å². The van der Waals surface area contributed by atoms with Crippen molar-refractivity contribution in [3.05, 3.63) is 59.4 Å². The van der Waals surface area contributed by atoms with Gasteiger partial charge in [-0.1, -0.05) is 25.1 Å². The lowest BCUT2D eigenvalue weighted by atomic mass is 10.1. The summed E-state index contributed by atoms with van der Waals surface area (Å²) >= 11 is 0. The second kappa shape index (κ2) is 7.09. The molecule has 0 aromatic heterocycles. The monoisotopic (exact) mass is 289 g/mol. The molecule has 2 N–H and O–H groups in total. The van der Waals surface area contributed by atoms with E-state index in [2.05, 4.69) is 5.32 Å². The topological polar surface area (TPSA) is 41.5 Å². The third-order valence-electron chi connectivity index (χ3n) is 3.27. The van der Waals surface area contributed by atoms with E-state index in [-0.39, 0.29) is 30.0 Å². The van der Waals surface area contributed by atoms with Crippen LogP contribution in [-0.4, -0.2) is 11.7 Å². The quantitative estimate of drug-likeness (QED) is 0.850. The van der Waals surface area contributed by atoms with E-state index >= 15 is 0 Å². The van der Waals surface area contributed by atoms with E-state index in [1.807, 2.05) is 26.0 Å². The summed E-state index contributed by atoms with van der Waals surface area (Å²) in [7, 11) is 0. The molecule has 3 nitrogen and oxygen atoms in total. The predicted octanol–water partition coefficient (Wildman–Crippen LogP) is 3.78. The highest BCUT2D eigenvalue weighted by molar-refractivity contribution is 5.32. The van der Waals surface area contributed by atoms with Crippen molar-refractivity contribution in [1.29, 1.82) is 0 Å². The van der Waals surface area contributed by atoms with Crippen LogP contribution in [0.1, 0.15) is 31.0 Å². The molecule has 0 saturated heterocycles. The molecule has 0 bridgehead atoms. The molecule has 1 atom stereocenters. The summed E-state index contributed by atoms with van der Waals surface area (Å²) in [5, 5.41) is 12.6. The van der Waals surface area contributed by atoms with Crippen LogP contribution in [0.5, 0.6) is 11.5 Å². The van der Waals surface area contributed by atoms with Crippen LogP contribution < -0.4 is 10.1 Å². The summed E-state index contributed by atoms with van der Waals surface area (Å²) in [5.41, 5.74) is 1.68. The summed E-state index contributed by atoms with van der Waals surface area (Å²) in [6, 6.07) is 11.8. The number of nitrogens with one attached hydrogen (secondary N) is 1. The van der Waals surface area contributed by atoms with Gasteiger partial charge in [0.15, 0.2) is 11.6 Å². The van der Waals surface area contributed by atoms with Gasteiger partial charge in [0.2, 0.25) is 0 Å². The molecule has 2 aromatic carbocycles. The highest BCUT2D eigenvalue weighted by Crippen LogP contribution is 2.23. The summed E-state index contributed by atoms with van der Waals surface area (Å²) in [4.78, 5) is 0. The first kappa shape index (κ1) is 15.3. The van der Waals surface area contributed by atoms with E-state index < -0.39 is 0 Å². The van der Waals surface area contributed by atoms with Gasteiger partial charge in [0.1, 0.15) is 12.4 Å². The first-order valence-electron chi connectivity index (χ1n) is 7.03. The van der Waals surface area contributed by atoms with Crippen molar-refractivity contribution in [3.8, 4) is 11.5 Å². The third-order valence-corrected chi connectivity index (χ3v) is 3.27. The molecule has 0 aliphatic heterocycles. The Labute approximate surface area is 124 Å². The molecule has 2 rings (SSSR count). The Hall–Kier alpha value is -2.07. The predicted molar refractivity (Wildman–Crippen MR) is 80.9 cm³/mol. The van der Waals surface area contributed by atoms with Crippen molar-refractivity contribution in [2.24, 2.45) is 0 Å². The number of hydrogen-bond donors (Lipinski definition) is 2. The highest BCUT2D eigenvalue weighted by Gasteiger charge is 2.09. The fraction of sp³-hybridized carbons (Fsp3) is 0.294. The number of rotatable bonds is 6. The zero-order valence-corrected chi connectivity index (χ0v) is 12.3. The number of benzene rings is 2. The van der Waals surface area contributed by atoms with Crippen molar-refractivity contribution >= 4 is 0 Å². The maximum absolute atomic E-state index is 14.0. The zero-order valence-electron chi connectivity index (χ0n) is 12.3. The standard InChI is InChI=1S/C17H20FNO2/c1-3-19-12(2)14-7-8-17(16(18)10-14)21-11-13-5-4-6-15(20)9-13/h4-10,12,19-20H,3,11H2,1-2H3. The smallest absolute Gasteiger partial charge is 0.165 e. The normalized spacial score (nSPS) is 12.1. The molecule has 0 heterocycles. The molecular formula is C17H20FNO2. The minimum atomic E-state index is -0.377. The first-order chi connectivity index (χ1) is 10.1. The number of phenols is 1. The average Bonchev–Trinajstić information content (AvgIpc) is 2.46. The minimum Gasteiger partial charge on any atom is -0.508 e. The van der Waals surface area contributed by atoms with Crippen molar-refractivity contribution in [3.63, 3.8) is 0 Å². The van der Waals surface area contributed by atoms with Crippen molar-refractivity contribution in [2.45, 2.75) is 26.5 Å². The highest BCUT2D eigenvalue weighted by atomic mass is 19.1. The van der Waals surface area contributed by atoms with Gasteiger partial charge in [-0.3, -0.25) is 0 Å². The van der Waals surface area contributed by atoms with Gasteiger partial charge in [-0.15, -0.1) is 0 Å². The lowest BCUT2D eigenvalue weighted by Gasteiger charge is -2.14. The second-order valence-corrected chi connectivity index (χ2v) is 4.93. The molecule has 112 valence electrons. The van der Waals surface area contributed by atoms with Gasteiger partial charge >= 0.3 is 0 Å². The summed E-state index contributed by atoms with van der Waals surface area (Å²) < 4.78 is 19.5. The minimum absolute atomic E-state index is 0.102. The lowest BCUT2D eigenvalue weighted by Crippen LogP contribution is -2.17. The molecule has 2 aromatic rings. The first-order valence-corrected chi connectivity index (χ1v) is 7.03. The Morgan fingerprint density at radius 3 is 2.71 bits per heavy atom. The van der Waals surface area contributed by atoms with Crippen molar-refractivity contribution < 1.29 is 14.2 Å². The van der Waals surface area contributed by atoms with Gasteiger partial charge in [0.25, 0.3) is 0 Å². The molecule has 0 aliphatic rings. The maximum Gasteiger partial charge on any atom is 0.165 e. The van der Waals surface area contributed by atoms with Gasteiger partial charge in [0, 0.05) is 6.04 Å². The number of aromatic hydroxyl groups is 1. The van der Waals surface area contributed by atoms with E-state index in [9.17, 15) is 9.50 Å². The van der Waals surface area contributed by atoms with Gasteiger partial charge < -0.3 is 15.2 Å². The molecule has 21 heavy (non-hydrogen) atoms. The lowest BCUT2D eigenvalue weighted by molar-refractivity contribution is 0.289. The number of halogens is 1. The van der Waals surface area contributed by atoms with Crippen LogP contribution in [-0.2, 0) is 6.61 Å². The van der Waals surface area contributed by atoms with Crippen molar-refractivity contribution in [2.75, 3.05) is 6.54 Å². The van der Waals surface area contributed by atoms with Crippen LogP contribution in [0.25, 0.3) is 0 Å². The molecule has 0 amide bonds. The van der Waals surface area contributed by atoms with E-state index in [0.717, 1.165) is 17.7 Å². The Bertz CT molecular complexity index is 601. The summed E-state index contributed by atoms with van der Waals surface area (Å²) in [6.45, 7) is 5.05. The molecule has 0 fully saturated rings. The largest absolute Gasteiger partial charge is 0.508 e. The van der Waals surface area contributed by atoms with Crippen LogP contribution in [0.15, 0.2) is 42.5 Å². The summed E-state index contributed by atoms with van der Waals surface area (Å²) in [5.74, 6) is 0.00887. The van der Waals surface area contributed by atoms with Crippen LogP contribution in [0.2, 0.25) is 0 Å².